The maximum Gasteiger partial charge on any atom is 0.105 e. The molecule has 0 bridgehead atoms. The first kappa shape index (κ1) is 15.5. The van der Waals surface area contributed by atoms with Crippen LogP contribution in [-0.2, 0) is 0 Å². The molecule has 1 aliphatic heterocycles. The molecule has 0 aliphatic carbocycles. The summed E-state index contributed by atoms with van der Waals surface area (Å²) in [5.41, 5.74) is -0.398. The molecule has 3 unspecified atom stereocenters. The molecule has 0 saturated carbocycles. The smallest absolute Gasteiger partial charge is 0.105 e. The average molecular weight is 251 g/mol. The summed E-state index contributed by atoms with van der Waals surface area (Å²) in [5.74, 6) is 0. The van der Waals surface area contributed by atoms with E-state index in [4.69, 9.17) is 0 Å². The van der Waals surface area contributed by atoms with Gasteiger partial charge >= 0.3 is 0 Å². The summed E-state index contributed by atoms with van der Waals surface area (Å²) in [6.45, 7) is 11.9. The van der Waals surface area contributed by atoms with Gasteiger partial charge in [0.25, 0.3) is 0 Å². The van der Waals surface area contributed by atoms with Gasteiger partial charge in [-0.3, -0.25) is 10.2 Å². The van der Waals surface area contributed by atoms with Gasteiger partial charge in [0.1, 0.15) is 5.54 Å². The fourth-order valence-electron chi connectivity index (χ4n) is 3.07. The quantitative estimate of drug-likeness (QED) is 0.816. The van der Waals surface area contributed by atoms with Crippen molar-refractivity contribution in [3.05, 3.63) is 0 Å². The van der Waals surface area contributed by atoms with E-state index in [1.54, 1.807) is 0 Å². The Bertz CT molecular complexity index is 285. The van der Waals surface area contributed by atoms with Crippen LogP contribution in [0.5, 0.6) is 0 Å². The number of likely N-dealkylation sites (tertiary alicyclic amines) is 1. The zero-order chi connectivity index (χ0) is 13.8. The SMILES string of the molecule is CC(C)NC(C)(C#N)CCN1C(C)CCCC1C. The number of piperidine rings is 1. The lowest BCUT2D eigenvalue weighted by atomic mass is 9.93. The van der Waals surface area contributed by atoms with Crippen LogP contribution in [-0.4, -0.2) is 35.1 Å². The summed E-state index contributed by atoms with van der Waals surface area (Å²) < 4.78 is 0. The van der Waals surface area contributed by atoms with Gasteiger partial charge in [-0.15, -0.1) is 0 Å². The van der Waals surface area contributed by atoms with Crippen LogP contribution in [0.4, 0.5) is 0 Å². The Morgan fingerprint density at radius 2 is 1.89 bits per heavy atom. The van der Waals surface area contributed by atoms with E-state index in [-0.39, 0.29) is 0 Å². The average Bonchev–Trinajstić information content (AvgIpc) is 2.27. The van der Waals surface area contributed by atoms with Crippen molar-refractivity contribution in [2.45, 2.75) is 84.0 Å². The molecular weight excluding hydrogens is 222 g/mol. The Labute approximate surface area is 113 Å². The van der Waals surface area contributed by atoms with Crippen molar-refractivity contribution in [3.63, 3.8) is 0 Å². The number of nitrogens with zero attached hydrogens (tertiary/aromatic N) is 2. The molecule has 3 nitrogen and oxygen atoms in total. The summed E-state index contributed by atoms with van der Waals surface area (Å²) in [6, 6.07) is 4.12. The summed E-state index contributed by atoms with van der Waals surface area (Å²) in [6.07, 6.45) is 4.84. The molecule has 0 radical (unpaired) electrons. The second-order valence-corrected chi connectivity index (χ2v) is 6.36. The van der Waals surface area contributed by atoms with E-state index in [9.17, 15) is 5.26 Å². The Kier molecular flexibility index (Phi) is 5.62. The van der Waals surface area contributed by atoms with Crippen molar-refractivity contribution in [3.8, 4) is 6.07 Å². The number of rotatable bonds is 5. The lowest BCUT2D eigenvalue weighted by Gasteiger charge is -2.40. The van der Waals surface area contributed by atoms with Gasteiger partial charge < -0.3 is 0 Å². The largest absolute Gasteiger partial charge is 0.298 e. The zero-order valence-corrected chi connectivity index (χ0v) is 12.7. The van der Waals surface area contributed by atoms with E-state index >= 15 is 0 Å². The Morgan fingerprint density at radius 1 is 1.33 bits per heavy atom. The lowest BCUT2D eigenvalue weighted by molar-refractivity contribution is 0.0944. The molecule has 3 atom stereocenters. The molecule has 0 spiro atoms. The van der Waals surface area contributed by atoms with Crippen LogP contribution >= 0.6 is 0 Å². The molecule has 1 aliphatic rings. The highest BCUT2D eigenvalue weighted by molar-refractivity contribution is 5.05. The highest BCUT2D eigenvalue weighted by Gasteiger charge is 2.29. The maximum absolute atomic E-state index is 9.36. The van der Waals surface area contributed by atoms with Gasteiger partial charge in [0.15, 0.2) is 0 Å². The fourth-order valence-corrected chi connectivity index (χ4v) is 3.07. The van der Waals surface area contributed by atoms with Crippen molar-refractivity contribution in [2.75, 3.05) is 6.54 Å². The molecule has 1 fully saturated rings. The summed E-state index contributed by atoms with van der Waals surface area (Å²) in [7, 11) is 0. The molecule has 1 saturated heterocycles. The maximum atomic E-state index is 9.36. The van der Waals surface area contributed by atoms with Gasteiger partial charge in [-0.25, -0.2) is 0 Å². The van der Waals surface area contributed by atoms with Crippen molar-refractivity contribution < 1.29 is 0 Å². The van der Waals surface area contributed by atoms with Crippen LogP contribution in [0.1, 0.15) is 60.3 Å². The molecule has 0 amide bonds. The predicted octanol–water partition coefficient (Wildman–Crippen LogP) is 2.92. The van der Waals surface area contributed by atoms with Crippen LogP contribution < -0.4 is 5.32 Å². The van der Waals surface area contributed by atoms with Crippen LogP contribution in [0.15, 0.2) is 0 Å². The van der Waals surface area contributed by atoms with E-state index in [2.05, 4.69) is 44.0 Å². The van der Waals surface area contributed by atoms with E-state index in [0.717, 1.165) is 13.0 Å². The summed E-state index contributed by atoms with van der Waals surface area (Å²) in [4.78, 5) is 2.57. The van der Waals surface area contributed by atoms with Crippen molar-refractivity contribution >= 4 is 0 Å². The Hall–Kier alpha value is -0.590. The number of hydrogen-bond donors (Lipinski definition) is 1. The first-order chi connectivity index (χ1) is 8.38. The molecule has 18 heavy (non-hydrogen) atoms. The second-order valence-electron chi connectivity index (χ2n) is 6.36. The number of hydrogen-bond acceptors (Lipinski definition) is 3. The second kappa shape index (κ2) is 6.54. The highest BCUT2D eigenvalue weighted by atomic mass is 15.2. The third-order valence-electron chi connectivity index (χ3n) is 4.10. The van der Waals surface area contributed by atoms with Gasteiger partial charge in [0.05, 0.1) is 6.07 Å². The van der Waals surface area contributed by atoms with E-state index in [0.29, 0.717) is 18.1 Å². The van der Waals surface area contributed by atoms with Crippen molar-refractivity contribution in [1.29, 1.82) is 5.26 Å². The minimum Gasteiger partial charge on any atom is -0.298 e. The topological polar surface area (TPSA) is 39.1 Å². The molecule has 0 aromatic heterocycles. The molecule has 1 heterocycles. The minimum atomic E-state index is -0.398. The van der Waals surface area contributed by atoms with E-state index < -0.39 is 5.54 Å². The number of nitrogens with one attached hydrogen (secondary N) is 1. The van der Waals surface area contributed by atoms with Crippen molar-refractivity contribution in [1.82, 2.24) is 10.2 Å². The van der Waals surface area contributed by atoms with Gasteiger partial charge in [-0.05, 0) is 53.9 Å². The van der Waals surface area contributed by atoms with Crippen molar-refractivity contribution in [2.24, 2.45) is 0 Å². The Morgan fingerprint density at radius 3 is 2.33 bits per heavy atom. The summed E-state index contributed by atoms with van der Waals surface area (Å²) in [5, 5.41) is 12.8. The van der Waals surface area contributed by atoms with Crippen LogP contribution in [0.2, 0.25) is 0 Å². The molecule has 104 valence electrons. The number of nitriles is 1. The lowest BCUT2D eigenvalue weighted by Crippen LogP contribution is -2.50. The summed E-state index contributed by atoms with van der Waals surface area (Å²) >= 11 is 0. The third kappa shape index (κ3) is 4.26. The molecule has 3 heteroatoms. The van der Waals surface area contributed by atoms with E-state index in [1.165, 1.54) is 19.3 Å². The molecular formula is C15H29N3. The third-order valence-corrected chi connectivity index (χ3v) is 4.10. The normalized spacial score (nSPS) is 28.9. The highest BCUT2D eigenvalue weighted by Crippen LogP contribution is 2.24. The Balaban J connectivity index is 2.54. The van der Waals surface area contributed by atoms with Crippen LogP contribution in [0.3, 0.4) is 0 Å². The van der Waals surface area contributed by atoms with Gasteiger partial charge in [-0.2, -0.15) is 5.26 Å². The van der Waals surface area contributed by atoms with Crippen LogP contribution in [0.25, 0.3) is 0 Å². The predicted molar refractivity (Wildman–Crippen MR) is 76.4 cm³/mol. The van der Waals surface area contributed by atoms with Gasteiger partial charge in [0, 0.05) is 24.7 Å². The molecule has 0 aromatic carbocycles. The van der Waals surface area contributed by atoms with Gasteiger partial charge in [-0.1, -0.05) is 6.42 Å². The zero-order valence-electron chi connectivity index (χ0n) is 12.7. The molecule has 0 aromatic rings. The minimum absolute atomic E-state index is 0.353. The monoisotopic (exact) mass is 251 g/mol. The standard InChI is InChI=1S/C15H29N3/c1-12(2)17-15(5,11-16)9-10-18-13(3)7-6-8-14(18)4/h12-14,17H,6-10H2,1-5H3. The first-order valence-electron chi connectivity index (χ1n) is 7.32. The fraction of sp³-hybridized carbons (Fsp3) is 0.933. The molecule has 1 N–H and O–H groups in total. The van der Waals surface area contributed by atoms with Crippen LogP contribution in [0, 0.1) is 11.3 Å². The first-order valence-corrected chi connectivity index (χ1v) is 7.32. The van der Waals surface area contributed by atoms with Gasteiger partial charge in [0.2, 0.25) is 0 Å². The van der Waals surface area contributed by atoms with E-state index in [1.807, 2.05) is 6.92 Å². The molecule has 1 rings (SSSR count).